The van der Waals surface area contributed by atoms with Crippen LogP contribution in [0.3, 0.4) is 0 Å². The van der Waals surface area contributed by atoms with E-state index in [0.717, 1.165) is 17.9 Å². The Morgan fingerprint density at radius 2 is 2.18 bits per heavy atom. The quantitative estimate of drug-likeness (QED) is 0.917. The zero-order valence-electron chi connectivity index (χ0n) is 14.4. The summed E-state index contributed by atoms with van der Waals surface area (Å²) in [5.41, 5.74) is 3.73. The molecule has 22 heavy (non-hydrogen) atoms. The van der Waals surface area contributed by atoms with E-state index in [1.807, 2.05) is 0 Å². The van der Waals surface area contributed by atoms with Crippen molar-refractivity contribution in [2.24, 2.45) is 11.8 Å². The molecule has 1 fully saturated rings. The number of H-pyrrole nitrogens is 1. The maximum absolute atomic E-state index is 4.95. The maximum atomic E-state index is 4.95. The predicted molar refractivity (Wildman–Crippen MR) is 93.3 cm³/mol. The summed E-state index contributed by atoms with van der Waals surface area (Å²) in [4.78, 5) is 11.0. The number of nitrogens with zero attached hydrogens (tertiary/aromatic N) is 2. The number of nitrogens with one attached hydrogen (secondary N) is 1. The minimum atomic E-state index is 0.585. The first-order chi connectivity index (χ1) is 10.6. The van der Waals surface area contributed by atoms with Crippen molar-refractivity contribution in [1.82, 2.24) is 14.9 Å². The van der Waals surface area contributed by atoms with Crippen LogP contribution in [0, 0.1) is 11.8 Å². The largest absolute Gasteiger partial charge is 0.342 e. The monoisotopic (exact) mass is 299 g/mol. The number of rotatable bonds is 4. The highest BCUT2D eigenvalue weighted by Gasteiger charge is 2.29. The molecule has 3 heteroatoms. The molecule has 1 aromatic carbocycles. The first kappa shape index (κ1) is 15.5. The molecule has 1 aromatic heterocycles. The lowest BCUT2D eigenvalue weighted by atomic mass is 9.83. The number of hydrogen-bond acceptors (Lipinski definition) is 2. The summed E-state index contributed by atoms with van der Waals surface area (Å²) in [5.74, 6) is 3.20. The number of imidazole rings is 1. The van der Waals surface area contributed by atoms with Crippen LogP contribution < -0.4 is 0 Å². The zero-order chi connectivity index (χ0) is 15.7. The summed E-state index contributed by atoms with van der Waals surface area (Å²) in [6.45, 7) is 9.21. The van der Waals surface area contributed by atoms with Crippen LogP contribution in [0.25, 0.3) is 11.0 Å². The molecule has 0 spiro atoms. The van der Waals surface area contributed by atoms with Crippen LogP contribution in [0.1, 0.15) is 50.9 Å². The molecule has 2 aromatic rings. The van der Waals surface area contributed by atoms with Crippen LogP contribution in [0.5, 0.6) is 0 Å². The van der Waals surface area contributed by atoms with Crippen molar-refractivity contribution in [3.8, 4) is 0 Å². The highest BCUT2D eigenvalue weighted by molar-refractivity contribution is 5.76. The summed E-state index contributed by atoms with van der Waals surface area (Å²) < 4.78 is 0. The van der Waals surface area contributed by atoms with Gasteiger partial charge in [-0.1, -0.05) is 33.3 Å². The average molecular weight is 299 g/mol. The van der Waals surface area contributed by atoms with Gasteiger partial charge in [-0.15, -0.1) is 0 Å². The maximum Gasteiger partial charge on any atom is 0.110 e. The average Bonchev–Trinajstić information content (AvgIpc) is 2.89. The third kappa shape index (κ3) is 3.19. The van der Waals surface area contributed by atoms with Crippen molar-refractivity contribution in [2.75, 3.05) is 20.1 Å². The normalized spacial score (nSPS) is 23.5. The van der Waals surface area contributed by atoms with Gasteiger partial charge in [0.25, 0.3) is 0 Å². The van der Waals surface area contributed by atoms with Crippen LogP contribution in [0.4, 0.5) is 0 Å². The first-order valence-electron chi connectivity index (χ1n) is 8.74. The minimum absolute atomic E-state index is 0.585. The van der Waals surface area contributed by atoms with E-state index in [-0.39, 0.29) is 0 Å². The Hall–Kier alpha value is -1.35. The molecule has 0 unspecified atom stereocenters. The molecule has 1 aliphatic rings. The van der Waals surface area contributed by atoms with Crippen LogP contribution in [0.15, 0.2) is 18.2 Å². The highest BCUT2D eigenvalue weighted by Crippen LogP contribution is 2.34. The fraction of sp³-hybridized carbons (Fsp3) is 0.632. The van der Waals surface area contributed by atoms with Crippen molar-refractivity contribution in [2.45, 2.75) is 46.0 Å². The van der Waals surface area contributed by atoms with E-state index in [1.165, 1.54) is 42.8 Å². The molecule has 0 aliphatic carbocycles. The van der Waals surface area contributed by atoms with Gasteiger partial charge in [0.1, 0.15) is 5.82 Å². The standard InChI is InChI=1S/C19H29N3/c1-5-15-12-22(4)9-8-16(15)19-20-17-7-6-14(10-13(2)3)11-18(17)21-19/h6-7,11,13,15-16H,5,8-10,12H2,1-4H3,(H,20,21)/t15-,16-/m1/s1. The Bertz CT molecular complexity index is 629. The van der Waals surface area contributed by atoms with Gasteiger partial charge >= 0.3 is 0 Å². The molecule has 1 saturated heterocycles. The summed E-state index contributed by atoms with van der Waals surface area (Å²) in [6.07, 6.45) is 3.57. The van der Waals surface area contributed by atoms with Gasteiger partial charge in [-0.2, -0.15) is 0 Å². The van der Waals surface area contributed by atoms with Crippen molar-refractivity contribution in [3.63, 3.8) is 0 Å². The van der Waals surface area contributed by atoms with E-state index in [1.54, 1.807) is 0 Å². The van der Waals surface area contributed by atoms with Crippen LogP contribution in [-0.4, -0.2) is 35.0 Å². The molecule has 2 heterocycles. The van der Waals surface area contributed by atoms with Gasteiger partial charge in [0.2, 0.25) is 0 Å². The Balaban J connectivity index is 1.87. The number of aromatic nitrogens is 2. The zero-order valence-corrected chi connectivity index (χ0v) is 14.4. The second-order valence-corrected chi connectivity index (χ2v) is 7.40. The van der Waals surface area contributed by atoms with Crippen molar-refractivity contribution >= 4 is 11.0 Å². The summed E-state index contributed by atoms with van der Waals surface area (Å²) in [7, 11) is 2.23. The third-order valence-electron chi connectivity index (χ3n) is 5.02. The molecule has 120 valence electrons. The van der Waals surface area contributed by atoms with Gasteiger partial charge in [0, 0.05) is 12.5 Å². The van der Waals surface area contributed by atoms with E-state index in [9.17, 15) is 0 Å². The van der Waals surface area contributed by atoms with E-state index < -0.39 is 0 Å². The molecular weight excluding hydrogens is 270 g/mol. The van der Waals surface area contributed by atoms with Gasteiger partial charge in [-0.25, -0.2) is 4.98 Å². The second-order valence-electron chi connectivity index (χ2n) is 7.40. The molecular formula is C19H29N3. The van der Waals surface area contributed by atoms with Gasteiger partial charge in [0.15, 0.2) is 0 Å². The molecule has 3 nitrogen and oxygen atoms in total. The number of likely N-dealkylation sites (tertiary alicyclic amines) is 1. The van der Waals surface area contributed by atoms with Crippen LogP contribution >= 0.6 is 0 Å². The minimum Gasteiger partial charge on any atom is -0.342 e. The lowest BCUT2D eigenvalue weighted by Gasteiger charge is -2.35. The Kier molecular flexibility index (Phi) is 4.53. The molecule has 0 radical (unpaired) electrons. The molecule has 0 amide bonds. The lowest BCUT2D eigenvalue weighted by molar-refractivity contribution is 0.176. The highest BCUT2D eigenvalue weighted by atomic mass is 15.1. The second kappa shape index (κ2) is 6.41. The summed E-state index contributed by atoms with van der Waals surface area (Å²) >= 11 is 0. The van der Waals surface area contributed by atoms with Crippen molar-refractivity contribution in [1.29, 1.82) is 0 Å². The lowest BCUT2D eigenvalue weighted by Crippen LogP contribution is -2.37. The predicted octanol–water partition coefficient (Wildman–Crippen LogP) is 4.21. The van der Waals surface area contributed by atoms with E-state index in [4.69, 9.17) is 4.98 Å². The van der Waals surface area contributed by atoms with E-state index in [2.05, 4.69) is 55.9 Å². The summed E-state index contributed by atoms with van der Waals surface area (Å²) in [6, 6.07) is 6.72. The molecule has 0 saturated carbocycles. The van der Waals surface area contributed by atoms with Gasteiger partial charge < -0.3 is 9.88 Å². The van der Waals surface area contributed by atoms with Crippen LogP contribution in [0.2, 0.25) is 0 Å². The first-order valence-corrected chi connectivity index (χ1v) is 8.74. The molecule has 1 aliphatic heterocycles. The molecule has 3 rings (SSSR count). The molecule has 2 atom stereocenters. The number of hydrogen-bond donors (Lipinski definition) is 1. The molecule has 1 N–H and O–H groups in total. The fourth-order valence-electron chi connectivity index (χ4n) is 3.83. The van der Waals surface area contributed by atoms with Crippen molar-refractivity contribution in [3.05, 3.63) is 29.6 Å². The third-order valence-corrected chi connectivity index (χ3v) is 5.02. The summed E-state index contributed by atoms with van der Waals surface area (Å²) in [5, 5.41) is 0. The number of piperidine rings is 1. The van der Waals surface area contributed by atoms with E-state index in [0.29, 0.717) is 11.8 Å². The SMILES string of the molecule is CC[C@@H]1CN(C)CC[C@H]1c1nc2cc(CC(C)C)ccc2[nH]1. The Labute approximate surface area is 134 Å². The fourth-order valence-corrected chi connectivity index (χ4v) is 3.83. The van der Waals surface area contributed by atoms with Gasteiger partial charge in [-0.3, -0.25) is 0 Å². The Morgan fingerprint density at radius 3 is 2.91 bits per heavy atom. The molecule has 0 bridgehead atoms. The van der Waals surface area contributed by atoms with Crippen molar-refractivity contribution < 1.29 is 0 Å². The number of benzene rings is 1. The van der Waals surface area contributed by atoms with Crippen LogP contribution in [-0.2, 0) is 6.42 Å². The Morgan fingerprint density at radius 1 is 1.36 bits per heavy atom. The topological polar surface area (TPSA) is 31.9 Å². The van der Waals surface area contributed by atoms with Gasteiger partial charge in [-0.05, 0) is 56.0 Å². The van der Waals surface area contributed by atoms with Gasteiger partial charge in [0.05, 0.1) is 11.0 Å². The number of fused-ring (bicyclic) bond motifs is 1. The smallest absolute Gasteiger partial charge is 0.110 e. The number of aromatic amines is 1. The van der Waals surface area contributed by atoms with E-state index >= 15 is 0 Å².